The molecule has 0 unspecified atom stereocenters. The smallest absolute Gasteiger partial charge is 0.247 e. The van der Waals surface area contributed by atoms with Crippen molar-refractivity contribution in [3.05, 3.63) is 72.3 Å². The minimum atomic E-state index is -0.809. The first-order valence-corrected chi connectivity index (χ1v) is 11.4. The van der Waals surface area contributed by atoms with Crippen molar-refractivity contribution in [1.82, 2.24) is 0 Å². The summed E-state index contributed by atoms with van der Waals surface area (Å²) in [5.41, 5.74) is 2.44. The van der Waals surface area contributed by atoms with Crippen molar-refractivity contribution in [3.8, 4) is 5.75 Å². The van der Waals surface area contributed by atoms with Crippen LogP contribution in [0.3, 0.4) is 0 Å². The molecular weight excluding hydrogens is 372 g/mol. The lowest BCUT2D eigenvalue weighted by Gasteiger charge is -2.45. The van der Waals surface area contributed by atoms with Crippen LogP contribution in [0.15, 0.2) is 66.7 Å². The van der Waals surface area contributed by atoms with Crippen LogP contribution in [0.2, 0.25) is 0 Å². The van der Waals surface area contributed by atoms with Crippen molar-refractivity contribution < 1.29 is 14.2 Å². The van der Waals surface area contributed by atoms with Crippen LogP contribution in [0.25, 0.3) is 5.57 Å². The van der Waals surface area contributed by atoms with E-state index < -0.39 is 11.6 Å². The minimum absolute atomic E-state index is 0.209. The van der Waals surface area contributed by atoms with Crippen molar-refractivity contribution >= 4 is 5.57 Å². The van der Waals surface area contributed by atoms with Crippen LogP contribution in [-0.2, 0) is 9.47 Å². The predicted molar refractivity (Wildman–Crippen MR) is 119 cm³/mol. The number of hydrogen-bond donors (Lipinski definition) is 0. The normalized spacial score (nSPS) is 35.5. The van der Waals surface area contributed by atoms with Crippen LogP contribution in [-0.4, -0.2) is 17.7 Å². The molecule has 2 aromatic carbocycles. The first kappa shape index (κ1) is 19.8. The molecule has 5 atom stereocenters. The van der Waals surface area contributed by atoms with Gasteiger partial charge in [0.2, 0.25) is 5.79 Å². The zero-order valence-electron chi connectivity index (χ0n) is 18.2. The van der Waals surface area contributed by atoms with E-state index in [-0.39, 0.29) is 6.10 Å². The molecule has 2 aliphatic carbocycles. The molecule has 0 N–H and O–H groups in total. The molecule has 158 valence electrons. The van der Waals surface area contributed by atoms with Crippen LogP contribution >= 0.6 is 0 Å². The van der Waals surface area contributed by atoms with Gasteiger partial charge >= 0.3 is 0 Å². The van der Waals surface area contributed by atoms with Gasteiger partial charge in [-0.2, -0.15) is 0 Å². The molecule has 2 aromatic rings. The highest BCUT2D eigenvalue weighted by Gasteiger charge is 2.64. The van der Waals surface area contributed by atoms with Crippen LogP contribution < -0.4 is 4.74 Å². The van der Waals surface area contributed by atoms with Gasteiger partial charge in [-0.05, 0) is 47.6 Å². The predicted octanol–water partition coefficient (Wildman–Crippen LogP) is 6.45. The standard InChI is InChI=1S/C27H32O3/c1-19(2)24-15-14-20(3)17-26(24)29-25-16-22(21-10-6-4-7-11-21)18-27(25,30-26)28-23-12-8-5-9-13-23/h4-13,16,19-20,24-25H,14-15,17-18H2,1-3H3/t20-,24+,25-,26-,27+/m1/s1. The number of benzene rings is 2. The summed E-state index contributed by atoms with van der Waals surface area (Å²) in [6.45, 7) is 6.90. The van der Waals surface area contributed by atoms with Gasteiger partial charge in [-0.3, -0.25) is 0 Å². The van der Waals surface area contributed by atoms with Gasteiger partial charge in [-0.15, -0.1) is 0 Å². The van der Waals surface area contributed by atoms with E-state index in [0.717, 1.165) is 18.6 Å². The Balaban J connectivity index is 1.53. The lowest BCUT2D eigenvalue weighted by atomic mass is 9.73. The Hall–Kier alpha value is -2.10. The molecule has 3 nitrogen and oxygen atoms in total. The van der Waals surface area contributed by atoms with Crippen molar-refractivity contribution in [3.63, 3.8) is 0 Å². The number of ether oxygens (including phenoxy) is 3. The second-order valence-electron chi connectivity index (χ2n) is 9.65. The highest BCUT2D eigenvalue weighted by atomic mass is 16.8. The summed E-state index contributed by atoms with van der Waals surface area (Å²) >= 11 is 0. The Morgan fingerprint density at radius 3 is 2.37 bits per heavy atom. The second kappa shape index (κ2) is 7.55. The third-order valence-electron chi connectivity index (χ3n) is 7.05. The average Bonchev–Trinajstić information content (AvgIpc) is 3.19. The van der Waals surface area contributed by atoms with Crippen LogP contribution in [0.4, 0.5) is 0 Å². The van der Waals surface area contributed by atoms with E-state index >= 15 is 0 Å². The van der Waals surface area contributed by atoms with Crippen molar-refractivity contribution in [1.29, 1.82) is 0 Å². The highest BCUT2D eigenvalue weighted by Crippen LogP contribution is 2.56. The summed E-state index contributed by atoms with van der Waals surface area (Å²) in [4.78, 5) is 0. The van der Waals surface area contributed by atoms with Gasteiger partial charge in [0.25, 0.3) is 0 Å². The molecule has 1 spiro atoms. The number of rotatable bonds is 4. The maximum absolute atomic E-state index is 7.00. The number of hydrogen-bond acceptors (Lipinski definition) is 3. The average molecular weight is 405 g/mol. The largest absolute Gasteiger partial charge is 0.459 e. The van der Waals surface area contributed by atoms with Gasteiger partial charge < -0.3 is 14.2 Å². The molecule has 1 saturated carbocycles. The van der Waals surface area contributed by atoms with E-state index in [1.165, 1.54) is 17.6 Å². The molecule has 1 heterocycles. The minimum Gasteiger partial charge on any atom is -0.459 e. The molecule has 3 aliphatic rings. The number of para-hydroxylation sites is 1. The first-order valence-electron chi connectivity index (χ1n) is 11.4. The first-order chi connectivity index (χ1) is 14.5. The van der Waals surface area contributed by atoms with Gasteiger partial charge in [-0.1, -0.05) is 75.7 Å². The molecule has 1 saturated heterocycles. The van der Waals surface area contributed by atoms with Crippen LogP contribution in [0.1, 0.15) is 52.0 Å². The van der Waals surface area contributed by atoms with Gasteiger partial charge in [0.15, 0.2) is 5.79 Å². The Labute approximate surface area is 180 Å². The van der Waals surface area contributed by atoms with Crippen molar-refractivity contribution in [2.75, 3.05) is 0 Å². The molecule has 2 fully saturated rings. The highest BCUT2D eigenvalue weighted by molar-refractivity contribution is 5.70. The van der Waals surface area contributed by atoms with E-state index in [2.05, 4.69) is 57.2 Å². The zero-order valence-corrected chi connectivity index (χ0v) is 18.2. The van der Waals surface area contributed by atoms with Gasteiger partial charge in [-0.25, -0.2) is 0 Å². The van der Waals surface area contributed by atoms with E-state index in [0.29, 0.717) is 24.2 Å². The van der Waals surface area contributed by atoms with E-state index in [1.807, 2.05) is 30.3 Å². The fraction of sp³-hybridized carbons (Fsp3) is 0.481. The Bertz CT molecular complexity index is 906. The van der Waals surface area contributed by atoms with Crippen molar-refractivity contribution in [2.24, 2.45) is 17.8 Å². The van der Waals surface area contributed by atoms with Gasteiger partial charge in [0.05, 0.1) is 0 Å². The van der Waals surface area contributed by atoms with Crippen LogP contribution in [0, 0.1) is 17.8 Å². The third-order valence-corrected chi connectivity index (χ3v) is 7.05. The second-order valence-corrected chi connectivity index (χ2v) is 9.65. The molecule has 3 heteroatoms. The maximum Gasteiger partial charge on any atom is 0.247 e. The van der Waals surface area contributed by atoms with Crippen molar-refractivity contribution in [2.45, 2.75) is 64.1 Å². The fourth-order valence-electron chi connectivity index (χ4n) is 5.65. The SMILES string of the molecule is CC(C)[C@@H]1CC[C@@H](C)C[C@]12O[C@@H]1C=C(c3ccccc3)C[C@]1(Oc1ccccc1)O2. The molecule has 0 bridgehead atoms. The molecule has 5 rings (SSSR count). The third kappa shape index (κ3) is 3.38. The maximum atomic E-state index is 7.00. The molecule has 0 amide bonds. The lowest BCUT2D eigenvalue weighted by Crippen LogP contribution is -2.49. The molecular formula is C27H32O3. The lowest BCUT2D eigenvalue weighted by molar-refractivity contribution is -0.280. The summed E-state index contributed by atoms with van der Waals surface area (Å²) in [5.74, 6) is 0.925. The molecule has 0 aromatic heterocycles. The summed E-state index contributed by atoms with van der Waals surface area (Å²) in [5, 5.41) is 0. The molecule has 0 radical (unpaired) electrons. The summed E-state index contributed by atoms with van der Waals surface area (Å²) in [7, 11) is 0. The van der Waals surface area contributed by atoms with Gasteiger partial charge in [0, 0.05) is 18.8 Å². The van der Waals surface area contributed by atoms with E-state index in [9.17, 15) is 0 Å². The summed E-state index contributed by atoms with van der Waals surface area (Å²) in [6.07, 6.45) is 6.03. The zero-order chi connectivity index (χ0) is 20.8. The van der Waals surface area contributed by atoms with E-state index in [4.69, 9.17) is 14.2 Å². The topological polar surface area (TPSA) is 27.7 Å². The Kier molecular flexibility index (Phi) is 4.99. The molecule has 1 aliphatic heterocycles. The van der Waals surface area contributed by atoms with Crippen LogP contribution in [0.5, 0.6) is 5.75 Å². The Morgan fingerprint density at radius 1 is 0.967 bits per heavy atom. The quantitative estimate of drug-likeness (QED) is 0.586. The van der Waals surface area contributed by atoms with E-state index in [1.54, 1.807) is 0 Å². The van der Waals surface area contributed by atoms with Gasteiger partial charge in [0.1, 0.15) is 11.9 Å². The monoisotopic (exact) mass is 404 g/mol. The fourth-order valence-corrected chi connectivity index (χ4v) is 5.65. The molecule has 30 heavy (non-hydrogen) atoms. The summed E-state index contributed by atoms with van der Waals surface area (Å²) < 4.78 is 20.5. The Morgan fingerprint density at radius 2 is 1.67 bits per heavy atom. The summed E-state index contributed by atoms with van der Waals surface area (Å²) in [6, 6.07) is 20.5. The number of fused-ring (bicyclic) bond motifs is 1.